The predicted molar refractivity (Wildman–Crippen MR) is 66.3 cm³/mol. The Kier molecular flexibility index (Phi) is 2.95. The first-order chi connectivity index (χ1) is 7.70. The van der Waals surface area contributed by atoms with Crippen LogP contribution < -0.4 is 5.73 Å². The van der Waals surface area contributed by atoms with Gasteiger partial charge in [0, 0.05) is 6.20 Å². The number of nitrogens with zero attached hydrogens (tertiary/aromatic N) is 2. The van der Waals surface area contributed by atoms with Crippen molar-refractivity contribution in [1.29, 1.82) is 0 Å². The molecule has 16 heavy (non-hydrogen) atoms. The fourth-order valence-corrected chi connectivity index (χ4v) is 1.93. The van der Waals surface area contributed by atoms with Gasteiger partial charge in [0.05, 0.1) is 12.2 Å². The first kappa shape index (κ1) is 10.7. The van der Waals surface area contributed by atoms with Crippen LogP contribution in [0, 0.1) is 6.92 Å². The third-order valence-electron chi connectivity index (χ3n) is 2.77. The van der Waals surface area contributed by atoms with Crippen molar-refractivity contribution in [3.63, 3.8) is 0 Å². The lowest BCUT2D eigenvalue weighted by atomic mass is 10.1. The second kappa shape index (κ2) is 4.39. The van der Waals surface area contributed by atoms with Crippen molar-refractivity contribution in [3.05, 3.63) is 47.3 Å². The van der Waals surface area contributed by atoms with E-state index in [9.17, 15) is 0 Å². The van der Waals surface area contributed by atoms with Crippen LogP contribution in [0.1, 0.15) is 23.7 Å². The standard InChI is InChI=1S/C13H17N3/c1-3-11-6-4-5-7-12(11)9-16-8-10(2)15-13(16)14/h4-8H,3,9H2,1-2H3,(H2,14,15). The van der Waals surface area contributed by atoms with Gasteiger partial charge in [0.25, 0.3) is 0 Å². The summed E-state index contributed by atoms with van der Waals surface area (Å²) in [6, 6.07) is 8.45. The maximum atomic E-state index is 5.83. The summed E-state index contributed by atoms with van der Waals surface area (Å²) in [5.74, 6) is 0.586. The maximum absolute atomic E-state index is 5.83. The Labute approximate surface area is 95.9 Å². The number of hydrogen-bond donors (Lipinski definition) is 1. The molecule has 84 valence electrons. The summed E-state index contributed by atoms with van der Waals surface area (Å²) in [5.41, 5.74) is 9.48. The number of imidazole rings is 1. The van der Waals surface area contributed by atoms with Crippen LogP contribution in [-0.4, -0.2) is 9.55 Å². The first-order valence-corrected chi connectivity index (χ1v) is 5.56. The van der Waals surface area contributed by atoms with E-state index < -0.39 is 0 Å². The van der Waals surface area contributed by atoms with Gasteiger partial charge in [-0.2, -0.15) is 0 Å². The Balaban J connectivity index is 2.30. The third kappa shape index (κ3) is 2.08. The zero-order chi connectivity index (χ0) is 11.5. The minimum Gasteiger partial charge on any atom is -0.369 e. The van der Waals surface area contributed by atoms with Crippen molar-refractivity contribution >= 4 is 5.95 Å². The first-order valence-electron chi connectivity index (χ1n) is 5.56. The van der Waals surface area contributed by atoms with Crippen LogP contribution in [-0.2, 0) is 13.0 Å². The molecule has 0 bridgehead atoms. The topological polar surface area (TPSA) is 43.8 Å². The molecule has 1 aromatic carbocycles. The highest BCUT2D eigenvalue weighted by atomic mass is 15.1. The molecule has 1 aromatic heterocycles. The number of anilines is 1. The Bertz CT molecular complexity index is 486. The summed E-state index contributed by atoms with van der Waals surface area (Å²) in [6.07, 6.45) is 3.03. The molecule has 0 amide bonds. The van der Waals surface area contributed by atoms with Crippen LogP contribution in [0.15, 0.2) is 30.5 Å². The second-order valence-corrected chi connectivity index (χ2v) is 3.99. The zero-order valence-corrected chi connectivity index (χ0v) is 9.77. The third-order valence-corrected chi connectivity index (χ3v) is 2.77. The molecule has 0 unspecified atom stereocenters. The summed E-state index contributed by atoms with van der Waals surface area (Å²) >= 11 is 0. The quantitative estimate of drug-likeness (QED) is 0.854. The highest BCUT2D eigenvalue weighted by Gasteiger charge is 2.04. The van der Waals surface area contributed by atoms with Crippen LogP contribution >= 0.6 is 0 Å². The zero-order valence-electron chi connectivity index (χ0n) is 9.77. The van der Waals surface area contributed by atoms with Crippen molar-refractivity contribution in [2.24, 2.45) is 0 Å². The average molecular weight is 215 g/mol. The minimum absolute atomic E-state index is 0.586. The molecule has 2 aromatic rings. The van der Waals surface area contributed by atoms with E-state index in [1.165, 1.54) is 11.1 Å². The molecule has 2 N–H and O–H groups in total. The maximum Gasteiger partial charge on any atom is 0.200 e. The molecule has 0 atom stereocenters. The summed E-state index contributed by atoms with van der Waals surface area (Å²) in [5, 5.41) is 0. The van der Waals surface area contributed by atoms with E-state index in [4.69, 9.17) is 5.73 Å². The number of aromatic nitrogens is 2. The van der Waals surface area contributed by atoms with Crippen molar-refractivity contribution < 1.29 is 0 Å². The molecule has 0 radical (unpaired) electrons. The molecule has 0 aliphatic carbocycles. The number of rotatable bonds is 3. The molecular weight excluding hydrogens is 198 g/mol. The summed E-state index contributed by atoms with van der Waals surface area (Å²) in [4.78, 5) is 4.20. The van der Waals surface area contributed by atoms with Gasteiger partial charge in [0.1, 0.15) is 0 Å². The van der Waals surface area contributed by atoms with Gasteiger partial charge in [0.15, 0.2) is 0 Å². The fraction of sp³-hybridized carbons (Fsp3) is 0.308. The van der Waals surface area contributed by atoms with Gasteiger partial charge in [-0.15, -0.1) is 0 Å². The molecule has 0 aliphatic rings. The number of nitrogen functional groups attached to an aromatic ring is 1. The Morgan fingerprint density at radius 1 is 1.25 bits per heavy atom. The van der Waals surface area contributed by atoms with E-state index in [1.807, 2.05) is 17.7 Å². The molecule has 3 nitrogen and oxygen atoms in total. The monoisotopic (exact) mass is 215 g/mol. The lowest BCUT2D eigenvalue weighted by Crippen LogP contribution is -2.05. The lowest BCUT2D eigenvalue weighted by Gasteiger charge is -2.09. The van der Waals surface area contributed by atoms with Gasteiger partial charge in [-0.25, -0.2) is 4.98 Å². The van der Waals surface area contributed by atoms with Crippen LogP contribution in [0.25, 0.3) is 0 Å². The van der Waals surface area contributed by atoms with Crippen molar-refractivity contribution in [2.45, 2.75) is 26.8 Å². The molecule has 2 rings (SSSR count). The van der Waals surface area contributed by atoms with E-state index in [0.717, 1.165) is 18.7 Å². The van der Waals surface area contributed by atoms with Gasteiger partial charge in [-0.3, -0.25) is 0 Å². The van der Waals surface area contributed by atoms with Crippen LogP contribution in [0.5, 0.6) is 0 Å². The van der Waals surface area contributed by atoms with E-state index >= 15 is 0 Å². The van der Waals surface area contributed by atoms with Crippen LogP contribution in [0.3, 0.4) is 0 Å². The van der Waals surface area contributed by atoms with Crippen molar-refractivity contribution in [2.75, 3.05) is 5.73 Å². The van der Waals surface area contributed by atoms with Gasteiger partial charge in [-0.1, -0.05) is 31.2 Å². The summed E-state index contributed by atoms with van der Waals surface area (Å²) in [7, 11) is 0. The Hall–Kier alpha value is -1.77. The predicted octanol–water partition coefficient (Wildman–Crippen LogP) is 2.38. The lowest BCUT2D eigenvalue weighted by molar-refractivity contribution is 0.798. The SMILES string of the molecule is CCc1ccccc1Cn1cc(C)nc1N. The van der Waals surface area contributed by atoms with Gasteiger partial charge < -0.3 is 10.3 Å². The molecule has 3 heteroatoms. The molecule has 0 saturated heterocycles. The molecule has 1 heterocycles. The average Bonchev–Trinajstić information content (AvgIpc) is 2.58. The fourth-order valence-electron chi connectivity index (χ4n) is 1.93. The summed E-state index contributed by atoms with van der Waals surface area (Å²) < 4.78 is 1.99. The van der Waals surface area contributed by atoms with Gasteiger partial charge >= 0.3 is 0 Å². The largest absolute Gasteiger partial charge is 0.369 e. The van der Waals surface area contributed by atoms with E-state index in [-0.39, 0.29) is 0 Å². The second-order valence-electron chi connectivity index (χ2n) is 3.99. The highest BCUT2D eigenvalue weighted by Crippen LogP contribution is 2.14. The molecule has 0 fully saturated rings. The van der Waals surface area contributed by atoms with Crippen molar-refractivity contribution in [1.82, 2.24) is 9.55 Å². The van der Waals surface area contributed by atoms with E-state index in [2.05, 4.69) is 36.2 Å². The van der Waals surface area contributed by atoms with Crippen LogP contribution in [0.2, 0.25) is 0 Å². The molecular formula is C13H17N3. The molecule has 0 aliphatic heterocycles. The van der Waals surface area contributed by atoms with E-state index in [1.54, 1.807) is 0 Å². The minimum atomic E-state index is 0.586. The summed E-state index contributed by atoms with van der Waals surface area (Å²) in [6.45, 7) is 4.93. The van der Waals surface area contributed by atoms with Gasteiger partial charge in [-0.05, 0) is 24.5 Å². The smallest absolute Gasteiger partial charge is 0.200 e. The number of hydrogen-bond acceptors (Lipinski definition) is 2. The number of benzene rings is 1. The molecule has 0 spiro atoms. The van der Waals surface area contributed by atoms with Crippen LogP contribution in [0.4, 0.5) is 5.95 Å². The Morgan fingerprint density at radius 2 is 1.94 bits per heavy atom. The number of aryl methyl sites for hydroxylation is 2. The highest BCUT2D eigenvalue weighted by molar-refractivity contribution is 5.30. The number of nitrogens with two attached hydrogens (primary N) is 1. The normalized spacial score (nSPS) is 10.6. The van der Waals surface area contributed by atoms with E-state index in [0.29, 0.717) is 5.95 Å². The Morgan fingerprint density at radius 3 is 2.50 bits per heavy atom. The molecule has 0 saturated carbocycles. The van der Waals surface area contributed by atoms with Gasteiger partial charge in [0.2, 0.25) is 5.95 Å². The van der Waals surface area contributed by atoms with Crippen molar-refractivity contribution in [3.8, 4) is 0 Å².